The molecule has 3 aromatic rings. The number of ether oxygens (including phenoxy) is 1. The molecule has 1 aliphatic heterocycles. The first-order valence-electron chi connectivity index (χ1n) is 10.7. The number of nitrogens with zero attached hydrogens (tertiary/aromatic N) is 3. The van der Waals surface area contributed by atoms with Crippen LogP contribution in [0.2, 0.25) is 0 Å². The van der Waals surface area contributed by atoms with E-state index in [9.17, 15) is 31.5 Å². The third-order valence-corrected chi connectivity index (χ3v) is 5.47. The first kappa shape index (κ1) is 25.2. The molecule has 0 saturated carbocycles. The van der Waals surface area contributed by atoms with Crippen molar-refractivity contribution in [3.05, 3.63) is 71.6 Å². The Labute approximate surface area is 201 Å². The second kappa shape index (κ2) is 10.0. The number of alkyl halides is 5. The molecular formula is C23H19F5N4O4. The maximum Gasteiger partial charge on any atom is 0.471 e. The zero-order valence-electron chi connectivity index (χ0n) is 18.5. The Morgan fingerprint density at radius 2 is 1.72 bits per heavy atom. The van der Waals surface area contributed by atoms with Crippen molar-refractivity contribution < 1.29 is 40.8 Å². The van der Waals surface area contributed by atoms with E-state index in [1.165, 1.54) is 36.4 Å². The van der Waals surface area contributed by atoms with E-state index < -0.39 is 41.4 Å². The van der Waals surface area contributed by atoms with Crippen LogP contribution in [0.25, 0.3) is 11.4 Å². The van der Waals surface area contributed by atoms with Crippen LogP contribution in [-0.2, 0) is 21.6 Å². The Hall–Kier alpha value is -3.87. The predicted octanol–water partition coefficient (Wildman–Crippen LogP) is 3.50. The lowest BCUT2D eigenvalue weighted by Crippen LogP contribution is -2.56. The van der Waals surface area contributed by atoms with Crippen LogP contribution in [0.15, 0.2) is 59.1 Å². The number of nitrogens with one attached hydrogen (secondary N) is 1. The minimum absolute atomic E-state index is 0.0464. The molecule has 1 fully saturated rings. The van der Waals surface area contributed by atoms with Gasteiger partial charge in [0.15, 0.2) is 0 Å². The predicted molar refractivity (Wildman–Crippen MR) is 114 cm³/mol. The number of halogens is 5. The van der Waals surface area contributed by atoms with Gasteiger partial charge in [0.2, 0.25) is 5.82 Å². The third kappa shape index (κ3) is 5.35. The van der Waals surface area contributed by atoms with E-state index in [4.69, 9.17) is 4.74 Å². The molecule has 1 aromatic heterocycles. The van der Waals surface area contributed by atoms with Crippen LogP contribution in [0.3, 0.4) is 0 Å². The SMILES string of the molecule is O=C(NC[C@H]1COCCN1C(=O)C(F)(F)c1ccccc1)c1ccc(-c2noc(C(F)(F)F)n2)cc1. The average molecular weight is 510 g/mol. The van der Waals surface area contributed by atoms with Crippen LogP contribution in [-0.4, -0.2) is 59.2 Å². The molecule has 1 aliphatic rings. The molecule has 0 radical (unpaired) electrons. The van der Waals surface area contributed by atoms with Gasteiger partial charge in [-0.2, -0.15) is 26.9 Å². The van der Waals surface area contributed by atoms with E-state index in [2.05, 4.69) is 20.0 Å². The van der Waals surface area contributed by atoms with Gasteiger partial charge >= 0.3 is 18.0 Å². The normalized spacial score (nSPS) is 16.6. The molecule has 0 spiro atoms. The summed E-state index contributed by atoms with van der Waals surface area (Å²) in [4.78, 5) is 29.5. The summed E-state index contributed by atoms with van der Waals surface area (Å²) in [6, 6.07) is 11.2. The van der Waals surface area contributed by atoms with Crippen molar-refractivity contribution in [1.82, 2.24) is 20.4 Å². The topological polar surface area (TPSA) is 97.6 Å². The zero-order valence-corrected chi connectivity index (χ0v) is 18.5. The summed E-state index contributed by atoms with van der Waals surface area (Å²) in [6.45, 7) is -0.193. The van der Waals surface area contributed by atoms with Crippen LogP contribution in [0.4, 0.5) is 22.0 Å². The van der Waals surface area contributed by atoms with Gasteiger partial charge in [0, 0.05) is 29.8 Å². The monoisotopic (exact) mass is 510 g/mol. The number of carbonyl (C=O) groups is 2. The summed E-state index contributed by atoms with van der Waals surface area (Å²) in [5.41, 5.74) is -0.109. The van der Waals surface area contributed by atoms with E-state index in [-0.39, 0.29) is 43.3 Å². The Morgan fingerprint density at radius 1 is 1.03 bits per heavy atom. The van der Waals surface area contributed by atoms with Gasteiger partial charge in [-0.25, -0.2) is 0 Å². The van der Waals surface area contributed by atoms with Crippen LogP contribution in [0.5, 0.6) is 0 Å². The van der Waals surface area contributed by atoms with Gasteiger partial charge < -0.3 is 19.5 Å². The van der Waals surface area contributed by atoms with Crippen LogP contribution >= 0.6 is 0 Å². The Morgan fingerprint density at radius 3 is 2.36 bits per heavy atom. The van der Waals surface area contributed by atoms with Crippen LogP contribution < -0.4 is 5.32 Å². The van der Waals surface area contributed by atoms with Crippen molar-refractivity contribution in [2.75, 3.05) is 26.3 Å². The standard InChI is InChI=1S/C23H19F5N4O4/c24-22(25,16-4-2-1-3-5-16)21(34)32-10-11-35-13-17(32)12-29-19(33)15-8-6-14(7-9-15)18-30-20(36-31-18)23(26,27)28/h1-9,17H,10-13H2,(H,29,33)/t17-/m0/s1. The molecule has 36 heavy (non-hydrogen) atoms. The van der Waals surface area contributed by atoms with E-state index in [1.807, 2.05) is 0 Å². The minimum atomic E-state index is -4.78. The van der Waals surface area contributed by atoms with Crippen LogP contribution in [0.1, 0.15) is 21.8 Å². The van der Waals surface area contributed by atoms with Crippen molar-refractivity contribution in [3.63, 3.8) is 0 Å². The quantitative estimate of drug-likeness (QED) is 0.510. The summed E-state index contributed by atoms with van der Waals surface area (Å²) in [5, 5.41) is 5.84. The van der Waals surface area contributed by atoms with Crippen molar-refractivity contribution in [2.24, 2.45) is 0 Å². The van der Waals surface area contributed by atoms with Crippen molar-refractivity contribution >= 4 is 11.8 Å². The van der Waals surface area contributed by atoms with Gasteiger partial charge in [-0.05, 0) is 12.1 Å². The van der Waals surface area contributed by atoms with Gasteiger partial charge in [0.05, 0.1) is 19.3 Å². The molecule has 190 valence electrons. The number of hydrogen-bond donors (Lipinski definition) is 1. The highest BCUT2D eigenvalue weighted by molar-refractivity contribution is 5.94. The highest BCUT2D eigenvalue weighted by Gasteiger charge is 2.46. The molecule has 0 bridgehead atoms. The van der Waals surface area contributed by atoms with Gasteiger partial charge in [-0.15, -0.1) is 0 Å². The van der Waals surface area contributed by atoms with Gasteiger partial charge in [-0.1, -0.05) is 47.6 Å². The highest BCUT2D eigenvalue weighted by Crippen LogP contribution is 2.32. The summed E-state index contributed by atoms with van der Waals surface area (Å²) in [5.74, 6) is -7.52. The van der Waals surface area contributed by atoms with Crippen molar-refractivity contribution in [3.8, 4) is 11.4 Å². The molecule has 1 saturated heterocycles. The molecular weight excluding hydrogens is 491 g/mol. The lowest BCUT2D eigenvalue weighted by molar-refractivity contribution is -0.167. The third-order valence-electron chi connectivity index (χ3n) is 5.47. The zero-order chi connectivity index (χ0) is 25.9. The smallest absolute Gasteiger partial charge is 0.377 e. The van der Waals surface area contributed by atoms with E-state index in [1.54, 1.807) is 6.07 Å². The first-order chi connectivity index (χ1) is 17.1. The fourth-order valence-corrected chi connectivity index (χ4v) is 3.58. The molecule has 13 heteroatoms. The Kier molecular flexibility index (Phi) is 7.02. The molecule has 2 amide bonds. The first-order valence-corrected chi connectivity index (χ1v) is 10.7. The minimum Gasteiger partial charge on any atom is -0.377 e. The molecule has 8 nitrogen and oxygen atoms in total. The van der Waals surface area contributed by atoms with Gasteiger partial charge in [0.25, 0.3) is 11.8 Å². The number of aromatic nitrogens is 2. The van der Waals surface area contributed by atoms with Gasteiger partial charge in [0.1, 0.15) is 0 Å². The van der Waals surface area contributed by atoms with Crippen molar-refractivity contribution in [1.29, 1.82) is 0 Å². The summed E-state index contributed by atoms with van der Waals surface area (Å²) >= 11 is 0. The van der Waals surface area contributed by atoms with Crippen LogP contribution in [0, 0.1) is 0 Å². The lowest BCUT2D eigenvalue weighted by atomic mass is 10.1. The number of amides is 2. The molecule has 2 aromatic carbocycles. The lowest BCUT2D eigenvalue weighted by Gasteiger charge is -2.37. The molecule has 1 N–H and O–H groups in total. The largest absolute Gasteiger partial charge is 0.471 e. The second-order valence-electron chi connectivity index (χ2n) is 7.88. The maximum atomic E-state index is 14.8. The number of benzene rings is 2. The number of carbonyl (C=O) groups excluding carboxylic acids is 2. The van der Waals surface area contributed by atoms with E-state index in [0.717, 1.165) is 17.0 Å². The Balaban J connectivity index is 1.40. The van der Waals surface area contributed by atoms with Crippen molar-refractivity contribution in [2.45, 2.75) is 18.1 Å². The summed E-state index contributed by atoms with van der Waals surface area (Å²) < 4.78 is 77.0. The number of hydrogen-bond acceptors (Lipinski definition) is 6. The molecule has 0 unspecified atom stereocenters. The highest BCUT2D eigenvalue weighted by atomic mass is 19.4. The fraction of sp³-hybridized carbons (Fsp3) is 0.304. The molecule has 2 heterocycles. The average Bonchev–Trinajstić information content (AvgIpc) is 3.39. The molecule has 4 rings (SSSR count). The summed E-state index contributed by atoms with van der Waals surface area (Å²) in [7, 11) is 0. The maximum absolute atomic E-state index is 14.8. The number of rotatable bonds is 6. The van der Waals surface area contributed by atoms with E-state index >= 15 is 0 Å². The van der Waals surface area contributed by atoms with E-state index in [0.29, 0.717) is 0 Å². The molecule has 0 aliphatic carbocycles. The second-order valence-corrected chi connectivity index (χ2v) is 7.88. The number of morpholine rings is 1. The Bertz CT molecular complexity index is 1220. The summed E-state index contributed by atoms with van der Waals surface area (Å²) in [6.07, 6.45) is -4.78. The molecule has 1 atom stereocenters. The fourth-order valence-electron chi connectivity index (χ4n) is 3.58. The van der Waals surface area contributed by atoms with Gasteiger partial charge in [-0.3, -0.25) is 9.59 Å².